The van der Waals surface area contributed by atoms with Gasteiger partial charge in [-0.3, -0.25) is 9.59 Å². The lowest BCUT2D eigenvalue weighted by Crippen LogP contribution is -2.49. The molecule has 5 rings (SSSR count). The van der Waals surface area contributed by atoms with Gasteiger partial charge in [0.1, 0.15) is 18.5 Å². The first-order valence-electron chi connectivity index (χ1n) is 12.3. The highest BCUT2D eigenvalue weighted by molar-refractivity contribution is 5.94. The van der Waals surface area contributed by atoms with Gasteiger partial charge in [0.05, 0.1) is 23.5 Å². The van der Waals surface area contributed by atoms with E-state index in [1.54, 1.807) is 43.7 Å². The Labute approximate surface area is 214 Å². The summed E-state index contributed by atoms with van der Waals surface area (Å²) in [4.78, 5) is 39.9. The molecule has 1 atom stereocenters. The smallest absolute Gasteiger partial charge is 0.269 e. The Morgan fingerprint density at radius 2 is 2.00 bits per heavy atom. The molecule has 3 aromatic heterocycles. The number of nitriles is 1. The summed E-state index contributed by atoms with van der Waals surface area (Å²) < 4.78 is 6.01. The zero-order valence-electron chi connectivity index (χ0n) is 20.6. The van der Waals surface area contributed by atoms with Gasteiger partial charge in [0.25, 0.3) is 11.5 Å². The number of aromatic nitrogens is 4. The van der Waals surface area contributed by atoms with Crippen LogP contribution < -0.4 is 20.1 Å². The summed E-state index contributed by atoms with van der Waals surface area (Å²) in [7, 11) is 0. The Bertz CT molecular complexity index is 1360. The molecule has 11 heteroatoms. The highest BCUT2D eigenvalue weighted by atomic mass is 16.5. The molecule has 1 N–H and O–H groups in total. The first-order valence-corrected chi connectivity index (χ1v) is 12.3. The number of hydrogen-bond donors (Lipinski definition) is 1. The third-order valence-corrected chi connectivity index (χ3v) is 6.94. The first-order chi connectivity index (χ1) is 18.0. The van der Waals surface area contributed by atoms with E-state index in [9.17, 15) is 9.59 Å². The number of carbonyl (C=O) groups excluding carboxylic acids is 1. The van der Waals surface area contributed by atoms with E-state index in [0.717, 1.165) is 30.9 Å². The average Bonchev–Trinajstić information content (AvgIpc) is 3.42. The molecule has 2 aliphatic heterocycles. The van der Waals surface area contributed by atoms with Gasteiger partial charge in [-0.05, 0) is 38.0 Å². The lowest BCUT2D eigenvalue weighted by Gasteiger charge is -2.35. The Hall–Kier alpha value is -4.46. The number of amides is 1. The van der Waals surface area contributed by atoms with E-state index >= 15 is 0 Å². The van der Waals surface area contributed by atoms with Crippen molar-refractivity contribution in [2.45, 2.75) is 25.8 Å². The number of pyridine rings is 2. The van der Waals surface area contributed by atoms with Crippen molar-refractivity contribution in [3.8, 4) is 11.9 Å². The molecule has 5 heterocycles. The molecule has 1 amide bonds. The number of nitrogens with one attached hydrogen (secondary N) is 1. The molecule has 0 aromatic carbocycles. The summed E-state index contributed by atoms with van der Waals surface area (Å²) >= 11 is 0. The van der Waals surface area contributed by atoms with Crippen LogP contribution in [0.3, 0.4) is 0 Å². The van der Waals surface area contributed by atoms with Crippen molar-refractivity contribution in [2.75, 3.05) is 49.1 Å². The SMILES string of the molecule is Cc1c(N2CCC[C@H]2COc2cc(C(=O)N3CCN(c4ccc(C#N)cn4)CC3)ccn2)cn[nH]c1=O. The summed E-state index contributed by atoms with van der Waals surface area (Å²) in [5, 5.41) is 15.4. The Morgan fingerprint density at radius 3 is 2.76 bits per heavy atom. The molecule has 3 aromatic rings. The largest absolute Gasteiger partial charge is 0.475 e. The number of H-pyrrole nitrogens is 1. The fourth-order valence-corrected chi connectivity index (χ4v) is 4.83. The number of hydrogen-bond acceptors (Lipinski definition) is 9. The summed E-state index contributed by atoms with van der Waals surface area (Å²) in [6.45, 7) is 5.48. The van der Waals surface area contributed by atoms with E-state index < -0.39 is 0 Å². The number of piperazine rings is 1. The van der Waals surface area contributed by atoms with Crippen molar-refractivity contribution >= 4 is 17.4 Å². The highest BCUT2D eigenvalue weighted by Crippen LogP contribution is 2.27. The average molecular weight is 501 g/mol. The molecule has 2 fully saturated rings. The van der Waals surface area contributed by atoms with Crippen LogP contribution in [-0.4, -0.2) is 76.3 Å². The van der Waals surface area contributed by atoms with Gasteiger partial charge < -0.3 is 19.4 Å². The minimum atomic E-state index is -0.189. The maximum atomic E-state index is 13.2. The molecule has 2 saturated heterocycles. The Kier molecular flexibility index (Phi) is 6.98. The third-order valence-electron chi connectivity index (χ3n) is 6.94. The standard InChI is InChI=1S/C26H28N8O3/c1-18-22(16-30-31-25(18)35)34-8-2-3-21(34)17-37-24-13-20(6-7-28-24)26(36)33-11-9-32(10-12-33)23-5-4-19(14-27)15-29-23/h4-7,13,15-16,21H,2-3,8-12,17H2,1H3,(H,31,35)/t21-/m0/s1. The lowest BCUT2D eigenvalue weighted by atomic mass is 10.2. The molecule has 0 radical (unpaired) electrons. The van der Waals surface area contributed by atoms with Crippen LogP contribution in [0.4, 0.5) is 11.5 Å². The van der Waals surface area contributed by atoms with Crippen molar-refractivity contribution in [3.05, 3.63) is 69.9 Å². The Morgan fingerprint density at radius 1 is 1.16 bits per heavy atom. The molecule has 11 nitrogen and oxygen atoms in total. The van der Waals surface area contributed by atoms with Gasteiger partial charge in [-0.25, -0.2) is 15.1 Å². The zero-order valence-corrected chi connectivity index (χ0v) is 20.6. The van der Waals surface area contributed by atoms with Crippen LogP contribution in [0.2, 0.25) is 0 Å². The van der Waals surface area contributed by atoms with E-state index in [1.165, 1.54) is 0 Å². The van der Waals surface area contributed by atoms with Gasteiger partial charge in [-0.1, -0.05) is 0 Å². The molecular formula is C26H28N8O3. The molecule has 0 bridgehead atoms. The maximum Gasteiger partial charge on any atom is 0.269 e. The minimum absolute atomic E-state index is 0.0626. The summed E-state index contributed by atoms with van der Waals surface area (Å²) in [5.74, 6) is 1.14. The number of nitrogens with zero attached hydrogens (tertiary/aromatic N) is 7. The number of ether oxygens (including phenoxy) is 1. The fraction of sp³-hybridized carbons (Fsp3) is 0.385. The van der Waals surface area contributed by atoms with E-state index in [1.807, 2.05) is 11.0 Å². The van der Waals surface area contributed by atoms with Crippen molar-refractivity contribution in [1.82, 2.24) is 25.1 Å². The molecule has 190 valence electrons. The summed E-state index contributed by atoms with van der Waals surface area (Å²) in [6, 6.07) is 9.15. The second-order valence-corrected chi connectivity index (χ2v) is 9.19. The van der Waals surface area contributed by atoms with Crippen molar-refractivity contribution in [3.63, 3.8) is 0 Å². The topological polar surface area (TPSA) is 131 Å². The minimum Gasteiger partial charge on any atom is -0.475 e. The quantitative estimate of drug-likeness (QED) is 0.538. The first kappa shape index (κ1) is 24.2. The maximum absolute atomic E-state index is 13.2. The van der Waals surface area contributed by atoms with Gasteiger partial charge in [0.2, 0.25) is 5.88 Å². The normalized spacial score (nSPS) is 17.5. The molecule has 2 aliphatic rings. The zero-order chi connectivity index (χ0) is 25.8. The van der Waals surface area contributed by atoms with E-state index in [4.69, 9.17) is 10.00 Å². The summed E-state index contributed by atoms with van der Waals surface area (Å²) in [6.07, 6.45) is 6.77. The lowest BCUT2D eigenvalue weighted by molar-refractivity contribution is 0.0745. The van der Waals surface area contributed by atoms with Gasteiger partial charge in [-0.15, -0.1) is 0 Å². The van der Waals surface area contributed by atoms with Gasteiger partial charge in [-0.2, -0.15) is 10.4 Å². The van der Waals surface area contributed by atoms with Crippen LogP contribution in [0.1, 0.15) is 34.3 Å². The van der Waals surface area contributed by atoms with Crippen LogP contribution in [-0.2, 0) is 0 Å². The fourth-order valence-electron chi connectivity index (χ4n) is 4.83. The predicted molar refractivity (Wildman–Crippen MR) is 137 cm³/mol. The van der Waals surface area contributed by atoms with Crippen LogP contribution >= 0.6 is 0 Å². The monoisotopic (exact) mass is 500 g/mol. The van der Waals surface area contributed by atoms with Gasteiger partial charge in [0, 0.05) is 62.3 Å². The third kappa shape index (κ3) is 5.23. The number of carbonyl (C=O) groups is 1. The van der Waals surface area contributed by atoms with Crippen LogP contribution in [0, 0.1) is 18.3 Å². The second-order valence-electron chi connectivity index (χ2n) is 9.19. The predicted octanol–water partition coefficient (Wildman–Crippen LogP) is 1.75. The van der Waals surface area contributed by atoms with E-state index in [-0.39, 0.29) is 17.5 Å². The van der Waals surface area contributed by atoms with E-state index in [2.05, 4.69) is 36.0 Å². The van der Waals surface area contributed by atoms with Gasteiger partial charge >= 0.3 is 0 Å². The molecule has 0 saturated carbocycles. The Balaban J connectivity index is 1.18. The molecular weight excluding hydrogens is 472 g/mol. The van der Waals surface area contributed by atoms with Crippen molar-refractivity contribution < 1.29 is 9.53 Å². The molecule has 0 aliphatic carbocycles. The van der Waals surface area contributed by atoms with Gasteiger partial charge in [0.15, 0.2) is 0 Å². The number of rotatable bonds is 6. The summed E-state index contributed by atoms with van der Waals surface area (Å²) in [5.41, 5.74) is 2.33. The van der Waals surface area contributed by atoms with Crippen molar-refractivity contribution in [1.29, 1.82) is 5.26 Å². The van der Waals surface area contributed by atoms with Crippen LogP contribution in [0.5, 0.6) is 5.88 Å². The molecule has 37 heavy (non-hydrogen) atoms. The van der Waals surface area contributed by atoms with Crippen molar-refractivity contribution in [2.24, 2.45) is 0 Å². The van der Waals surface area contributed by atoms with Crippen LogP contribution in [0.15, 0.2) is 47.7 Å². The van der Waals surface area contributed by atoms with Crippen LogP contribution in [0.25, 0.3) is 0 Å². The second kappa shape index (κ2) is 10.7. The number of anilines is 2. The number of aromatic amines is 1. The molecule has 0 spiro atoms. The highest BCUT2D eigenvalue weighted by Gasteiger charge is 2.28. The van der Waals surface area contributed by atoms with E-state index in [0.29, 0.717) is 55.4 Å². The molecule has 0 unspecified atom stereocenters.